The SMILES string of the molecule is CCOC(=O)c1cnn(CC(C)C#N)c1. The lowest BCUT2D eigenvalue weighted by Crippen LogP contribution is -2.06. The smallest absolute Gasteiger partial charge is 0.341 e. The van der Waals surface area contributed by atoms with E-state index in [1.807, 2.05) is 0 Å². The van der Waals surface area contributed by atoms with Crippen LogP contribution in [0, 0.1) is 17.2 Å². The molecule has 0 bridgehead atoms. The molecule has 1 unspecified atom stereocenters. The Bertz CT molecular complexity index is 378. The molecule has 0 saturated heterocycles. The lowest BCUT2D eigenvalue weighted by Gasteiger charge is -2.01. The first kappa shape index (κ1) is 11.2. The van der Waals surface area contributed by atoms with E-state index in [9.17, 15) is 4.79 Å². The van der Waals surface area contributed by atoms with E-state index in [-0.39, 0.29) is 11.9 Å². The van der Waals surface area contributed by atoms with Gasteiger partial charge >= 0.3 is 5.97 Å². The predicted octanol–water partition coefficient (Wildman–Crippen LogP) is 1.22. The summed E-state index contributed by atoms with van der Waals surface area (Å²) in [5, 5.41) is 12.6. The van der Waals surface area contributed by atoms with Crippen LogP contribution in [0.1, 0.15) is 24.2 Å². The maximum absolute atomic E-state index is 11.3. The first-order valence-electron chi connectivity index (χ1n) is 4.76. The van der Waals surface area contributed by atoms with Crippen LogP contribution in [0.2, 0.25) is 0 Å². The molecule has 15 heavy (non-hydrogen) atoms. The predicted molar refractivity (Wildman–Crippen MR) is 53.0 cm³/mol. The normalized spacial score (nSPS) is 11.8. The zero-order chi connectivity index (χ0) is 11.3. The molecule has 0 radical (unpaired) electrons. The lowest BCUT2D eigenvalue weighted by molar-refractivity contribution is 0.0526. The number of esters is 1. The first-order valence-corrected chi connectivity index (χ1v) is 4.76. The van der Waals surface area contributed by atoms with E-state index in [1.165, 1.54) is 6.20 Å². The van der Waals surface area contributed by atoms with Crippen molar-refractivity contribution in [2.24, 2.45) is 5.92 Å². The Kier molecular flexibility index (Phi) is 3.86. The average Bonchev–Trinajstić information content (AvgIpc) is 2.66. The van der Waals surface area contributed by atoms with Crippen molar-refractivity contribution in [2.45, 2.75) is 20.4 Å². The Morgan fingerprint density at radius 3 is 3.13 bits per heavy atom. The van der Waals surface area contributed by atoms with Crippen molar-refractivity contribution in [1.82, 2.24) is 9.78 Å². The molecule has 0 aliphatic rings. The quantitative estimate of drug-likeness (QED) is 0.696. The second-order valence-electron chi connectivity index (χ2n) is 3.20. The van der Waals surface area contributed by atoms with E-state index < -0.39 is 0 Å². The number of ether oxygens (including phenoxy) is 1. The molecule has 1 aromatic heterocycles. The number of nitriles is 1. The fourth-order valence-electron chi connectivity index (χ4n) is 1.10. The van der Waals surface area contributed by atoms with E-state index in [0.717, 1.165) is 0 Å². The van der Waals surface area contributed by atoms with E-state index in [1.54, 1.807) is 24.7 Å². The van der Waals surface area contributed by atoms with Gasteiger partial charge in [0.15, 0.2) is 0 Å². The molecule has 1 rings (SSSR count). The minimum Gasteiger partial charge on any atom is -0.462 e. The largest absolute Gasteiger partial charge is 0.462 e. The zero-order valence-electron chi connectivity index (χ0n) is 8.80. The number of rotatable bonds is 4. The summed E-state index contributed by atoms with van der Waals surface area (Å²) < 4.78 is 6.38. The van der Waals surface area contributed by atoms with Crippen LogP contribution >= 0.6 is 0 Å². The maximum atomic E-state index is 11.3. The van der Waals surface area contributed by atoms with Gasteiger partial charge in [-0.3, -0.25) is 4.68 Å². The summed E-state index contributed by atoms with van der Waals surface area (Å²) in [6.45, 7) is 4.38. The fourth-order valence-corrected chi connectivity index (χ4v) is 1.10. The van der Waals surface area contributed by atoms with Gasteiger partial charge in [-0.15, -0.1) is 0 Å². The van der Waals surface area contributed by atoms with Gasteiger partial charge in [0.05, 0.1) is 36.9 Å². The van der Waals surface area contributed by atoms with Crippen molar-refractivity contribution in [3.05, 3.63) is 18.0 Å². The van der Waals surface area contributed by atoms with Crippen molar-refractivity contribution in [2.75, 3.05) is 6.61 Å². The van der Waals surface area contributed by atoms with Gasteiger partial charge in [0.1, 0.15) is 0 Å². The second kappa shape index (κ2) is 5.15. The van der Waals surface area contributed by atoms with Gasteiger partial charge in [-0.25, -0.2) is 4.79 Å². The van der Waals surface area contributed by atoms with Crippen LogP contribution in [0.15, 0.2) is 12.4 Å². The molecule has 1 heterocycles. The van der Waals surface area contributed by atoms with Crippen LogP contribution in [0.3, 0.4) is 0 Å². The van der Waals surface area contributed by atoms with Crippen molar-refractivity contribution < 1.29 is 9.53 Å². The molecule has 5 nitrogen and oxygen atoms in total. The Morgan fingerprint density at radius 2 is 2.53 bits per heavy atom. The molecule has 0 saturated carbocycles. The summed E-state index contributed by atoms with van der Waals surface area (Å²) in [6.07, 6.45) is 3.04. The van der Waals surface area contributed by atoms with Crippen molar-refractivity contribution in [3.63, 3.8) is 0 Å². The Labute approximate surface area is 88.3 Å². The molecule has 0 spiro atoms. The molecule has 1 atom stereocenters. The molecular formula is C10H13N3O2. The van der Waals surface area contributed by atoms with Crippen LogP contribution in [0.5, 0.6) is 0 Å². The third-order valence-corrected chi connectivity index (χ3v) is 1.83. The molecule has 0 aliphatic heterocycles. The molecular weight excluding hydrogens is 194 g/mol. The third-order valence-electron chi connectivity index (χ3n) is 1.83. The van der Waals surface area contributed by atoms with Crippen molar-refractivity contribution in [1.29, 1.82) is 5.26 Å². The highest BCUT2D eigenvalue weighted by molar-refractivity contribution is 5.88. The molecule has 0 amide bonds. The maximum Gasteiger partial charge on any atom is 0.341 e. The third kappa shape index (κ3) is 3.09. The zero-order valence-corrected chi connectivity index (χ0v) is 8.80. The molecule has 0 fully saturated rings. The molecule has 0 aromatic carbocycles. The molecule has 0 aliphatic carbocycles. The number of carbonyl (C=O) groups is 1. The number of aromatic nitrogens is 2. The fraction of sp³-hybridized carbons (Fsp3) is 0.500. The highest BCUT2D eigenvalue weighted by Crippen LogP contribution is 2.03. The summed E-state index contributed by atoms with van der Waals surface area (Å²) >= 11 is 0. The summed E-state index contributed by atoms with van der Waals surface area (Å²) in [4.78, 5) is 11.3. The molecule has 80 valence electrons. The standard InChI is InChI=1S/C10H13N3O2/c1-3-15-10(14)9-5-12-13(7-9)6-8(2)4-11/h5,7-8H,3,6H2,1-2H3. The van der Waals surface area contributed by atoms with E-state index in [4.69, 9.17) is 10.00 Å². The monoisotopic (exact) mass is 207 g/mol. The number of nitrogens with zero attached hydrogens (tertiary/aromatic N) is 3. The molecule has 5 heteroatoms. The summed E-state index contributed by atoms with van der Waals surface area (Å²) in [5.41, 5.74) is 0.419. The summed E-state index contributed by atoms with van der Waals surface area (Å²) in [7, 11) is 0. The van der Waals surface area contributed by atoms with Gasteiger partial charge in [0, 0.05) is 6.20 Å². The van der Waals surface area contributed by atoms with Crippen LogP contribution < -0.4 is 0 Å². The van der Waals surface area contributed by atoms with Gasteiger partial charge in [-0.2, -0.15) is 10.4 Å². The van der Waals surface area contributed by atoms with Gasteiger partial charge < -0.3 is 4.74 Å². The molecule has 0 N–H and O–H groups in total. The van der Waals surface area contributed by atoms with Crippen LogP contribution in [-0.2, 0) is 11.3 Å². The highest BCUT2D eigenvalue weighted by Gasteiger charge is 2.10. The second-order valence-corrected chi connectivity index (χ2v) is 3.20. The minimum atomic E-state index is -0.381. The van der Waals surface area contributed by atoms with Gasteiger partial charge in [-0.1, -0.05) is 0 Å². The average molecular weight is 207 g/mol. The van der Waals surface area contributed by atoms with E-state index >= 15 is 0 Å². The van der Waals surface area contributed by atoms with Crippen molar-refractivity contribution >= 4 is 5.97 Å². The molecule has 1 aromatic rings. The van der Waals surface area contributed by atoms with Crippen LogP contribution in [0.25, 0.3) is 0 Å². The first-order chi connectivity index (χ1) is 7.17. The van der Waals surface area contributed by atoms with Gasteiger partial charge in [0.25, 0.3) is 0 Å². The lowest BCUT2D eigenvalue weighted by atomic mass is 10.2. The Hall–Kier alpha value is -1.83. The number of hydrogen-bond donors (Lipinski definition) is 0. The van der Waals surface area contributed by atoms with E-state index in [2.05, 4.69) is 11.2 Å². The van der Waals surface area contributed by atoms with Crippen LogP contribution in [0.4, 0.5) is 0 Å². The van der Waals surface area contributed by atoms with Gasteiger partial charge in [0.2, 0.25) is 0 Å². The Balaban J connectivity index is 2.64. The number of carbonyl (C=O) groups excluding carboxylic acids is 1. The minimum absolute atomic E-state index is 0.125. The number of hydrogen-bond acceptors (Lipinski definition) is 4. The van der Waals surface area contributed by atoms with Crippen molar-refractivity contribution in [3.8, 4) is 6.07 Å². The topological polar surface area (TPSA) is 67.9 Å². The van der Waals surface area contributed by atoms with Gasteiger partial charge in [-0.05, 0) is 13.8 Å². The Morgan fingerprint density at radius 1 is 1.80 bits per heavy atom. The summed E-state index contributed by atoms with van der Waals surface area (Å²) in [5.74, 6) is -0.506. The summed E-state index contributed by atoms with van der Waals surface area (Å²) in [6, 6.07) is 2.10. The van der Waals surface area contributed by atoms with E-state index in [0.29, 0.717) is 18.7 Å². The highest BCUT2D eigenvalue weighted by atomic mass is 16.5. The van der Waals surface area contributed by atoms with Crippen LogP contribution in [-0.4, -0.2) is 22.4 Å².